The largest absolute Gasteiger partial charge is 0.459 e. The van der Waals surface area contributed by atoms with Crippen LogP contribution in [0.2, 0.25) is 0 Å². The third-order valence-electron chi connectivity index (χ3n) is 12.8. The number of hydrogen-bond acceptors (Lipinski definition) is 11. The lowest BCUT2D eigenvalue weighted by molar-refractivity contribution is -0.299. The highest BCUT2D eigenvalue weighted by Crippen LogP contribution is 2.37. The molecule has 2 fully saturated rings. The maximum absolute atomic E-state index is 13.5. The fourth-order valence-electron chi connectivity index (χ4n) is 8.82. The second kappa shape index (κ2) is 28.2. The van der Waals surface area contributed by atoms with Crippen LogP contribution in [-0.2, 0) is 23.8 Å². The Labute approximate surface area is 380 Å². The molecule has 0 aromatic carbocycles. The number of carbonyl (C=O) groups excluding carboxylic acids is 2. The van der Waals surface area contributed by atoms with E-state index >= 15 is 0 Å². The maximum atomic E-state index is 13.5. The minimum atomic E-state index is -1.79. The lowest BCUT2D eigenvalue weighted by Gasteiger charge is -2.47. The molecule has 0 aromatic heterocycles. The van der Waals surface area contributed by atoms with Crippen molar-refractivity contribution in [1.82, 2.24) is 9.80 Å². The van der Waals surface area contributed by atoms with Gasteiger partial charge in [-0.1, -0.05) is 101 Å². The monoisotopic (exact) mass is 887 g/mol. The number of allylic oxidation sites excluding steroid dienone is 12. The van der Waals surface area contributed by atoms with Crippen LogP contribution in [0.15, 0.2) is 72.9 Å². The number of esters is 1. The van der Waals surface area contributed by atoms with Crippen LogP contribution < -0.4 is 0 Å². The van der Waals surface area contributed by atoms with Gasteiger partial charge in [0.2, 0.25) is 5.91 Å². The molecule has 63 heavy (non-hydrogen) atoms. The van der Waals surface area contributed by atoms with E-state index in [9.17, 15) is 35.1 Å². The first-order valence-electron chi connectivity index (χ1n) is 23.6. The molecule has 14 atom stereocenters. The first-order chi connectivity index (χ1) is 29.7. The van der Waals surface area contributed by atoms with Gasteiger partial charge in [0.25, 0.3) is 0 Å². The van der Waals surface area contributed by atoms with Gasteiger partial charge < -0.3 is 49.5 Å². The molecule has 12 heteroatoms. The third kappa shape index (κ3) is 18.1. The predicted octanol–water partition coefficient (Wildman–Crippen LogP) is 7.35. The molecule has 0 spiro atoms. The van der Waals surface area contributed by atoms with Crippen molar-refractivity contribution in [2.45, 2.75) is 199 Å². The average Bonchev–Trinajstić information content (AvgIpc) is 3.23. The molecule has 12 nitrogen and oxygen atoms in total. The maximum Gasteiger partial charge on any atom is 0.311 e. The first kappa shape index (κ1) is 56.2. The molecule has 0 aromatic rings. The fraction of sp³-hybridized carbons (Fsp3) is 0.725. The summed E-state index contributed by atoms with van der Waals surface area (Å²) >= 11 is 0. The quantitative estimate of drug-likeness (QED) is 0.0690. The van der Waals surface area contributed by atoms with Gasteiger partial charge in [0.05, 0.1) is 35.9 Å². The molecule has 0 unspecified atom stereocenters. The highest BCUT2D eigenvalue weighted by molar-refractivity contribution is 5.76. The molecule has 5 N–H and O–H groups in total. The Morgan fingerprint density at radius 3 is 1.84 bits per heavy atom. The highest BCUT2D eigenvalue weighted by atomic mass is 16.7. The number of cyclic esters (lactones) is 1. The van der Waals surface area contributed by atoms with Gasteiger partial charge in [0.15, 0.2) is 6.29 Å². The first-order valence-corrected chi connectivity index (χ1v) is 23.6. The van der Waals surface area contributed by atoms with Gasteiger partial charge in [-0.25, -0.2) is 0 Å². The van der Waals surface area contributed by atoms with Crippen molar-refractivity contribution in [1.29, 1.82) is 0 Å². The van der Waals surface area contributed by atoms with E-state index in [0.717, 1.165) is 38.5 Å². The summed E-state index contributed by atoms with van der Waals surface area (Å²) in [5.41, 5.74) is -3.40. The van der Waals surface area contributed by atoms with Crippen molar-refractivity contribution in [3.63, 3.8) is 0 Å². The molecule has 360 valence electrons. The van der Waals surface area contributed by atoms with E-state index in [4.69, 9.17) is 14.2 Å². The van der Waals surface area contributed by atoms with Gasteiger partial charge >= 0.3 is 5.97 Å². The molecule has 2 aliphatic rings. The number of nitrogens with zero attached hydrogens (tertiary/aromatic N) is 2. The summed E-state index contributed by atoms with van der Waals surface area (Å²) in [4.78, 5) is 30.4. The van der Waals surface area contributed by atoms with Crippen molar-refractivity contribution < 1.29 is 49.3 Å². The highest BCUT2D eigenvalue weighted by Gasteiger charge is 2.50. The zero-order valence-corrected chi connectivity index (χ0v) is 40.5. The Kier molecular flexibility index (Phi) is 25.1. The van der Waals surface area contributed by atoms with Crippen LogP contribution >= 0.6 is 0 Å². The number of carbonyl (C=O) groups is 2. The van der Waals surface area contributed by atoms with Gasteiger partial charge in [-0.2, -0.15) is 0 Å². The van der Waals surface area contributed by atoms with E-state index in [1.54, 1.807) is 39.6 Å². The van der Waals surface area contributed by atoms with E-state index in [-0.39, 0.29) is 31.1 Å². The van der Waals surface area contributed by atoms with Crippen molar-refractivity contribution in [3.05, 3.63) is 72.9 Å². The zero-order chi connectivity index (χ0) is 47.3. The lowest BCUT2D eigenvalue weighted by Crippen LogP contribution is -2.60. The molecule has 0 bridgehead atoms. The summed E-state index contributed by atoms with van der Waals surface area (Å²) in [5.74, 6) is -3.07. The molecule has 0 radical (unpaired) electrons. The summed E-state index contributed by atoms with van der Waals surface area (Å²) in [6.45, 7) is 16.1. The minimum Gasteiger partial charge on any atom is -0.459 e. The molecular weight excluding hydrogens is 801 g/mol. The van der Waals surface area contributed by atoms with Crippen LogP contribution in [0, 0.1) is 17.8 Å². The lowest BCUT2D eigenvalue weighted by atomic mass is 9.78. The van der Waals surface area contributed by atoms with Crippen molar-refractivity contribution in [2.24, 2.45) is 17.8 Å². The standard InChI is InChI=1S/C51H86N2O10/c1-12-14-15-16-17-18-19-20-21-22-23-24-25-26-27-28-29-30-31-32-43(54)53(11)41-33-37(4)61-49(45(41)56)63-47-38(5)44(55)39(6)48(58)62-42(13-2)51(9,60)46(57)40(7)52(10)35-36(3)34-50(47,8)59/h14-15,17-18,20-21,23-24,26-27,29-30,36-42,44-47,49,55-57,59-60H,12-13,16,19,22,25,28,31-35H2,1-11H3/t36-,37-,38+,39-,40-,41+,42-,44+,45-,46-,47-,49+,50-,51-/m1/s1. The molecule has 1 amide bonds. The van der Waals surface area contributed by atoms with Crippen molar-refractivity contribution >= 4 is 11.9 Å². The van der Waals surface area contributed by atoms with Gasteiger partial charge in [-0.3, -0.25) is 9.59 Å². The number of aliphatic hydroxyl groups excluding tert-OH is 3. The van der Waals surface area contributed by atoms with Crippen LogP contribution in [-0.4, -0.2) is 134 Å². The fourth-order valence-corrected chi connectivity index (χ4v) is 8.82. The molecular formula is C51H86N2O10. The summed E-state index contributed by atoms with van der Waals surface area (Å²) in [5, 5.41) is 58.5. The Morgan fingerprint density at radius 1 is 0.825 bits per heavy atom. The molecule has 0 saturated carbocycles. The summed E-state index contributed by atoms with van der Waals surface area (Å²) in [7, 11) is 3.49. The number of aliphatic hydroxyl groups is 5. The van der Waals surface area contributed by atoms with E-state index < -0.39 is 84.0 Å². The SMILES string of the molecule is CCC=CCC=CCC=CCC=CCC=CCC=CCCC(=O)N(C)[C@H]1C[C@@H](C)O[C@@H](O[C@@H]2[C@@H](C)[C@H](O)[C@@H](C)C(=O)O[C@H](CC)[C@@](C)(O)[C@H](O)[C@@H](C)N(C)C[C@H](C)C[C@@]2(C)O)[C@@H]1O. The Bertz CT molecular complexity index is 1520. The molecule has 2 rings (SSSR count). The Morgan fingerprint density at radius 2 is 1.33 bits per heavy atom. The van der Waals surface area contributed by atoms with Crippen molar-refractivity contribution in [2.75, 3.05) is 20.6 Å². The summed E-state index contributed by atoms with van der Waals surface area (Å²) in [6.07, 6.45) is 25.0. The van der Waals surface area contributed by atoms with Crippen LogP contribution in [0.4, 0.5) is 0 Å². The number of amides is 1. The molecule has 0 aliphatic carbocycles. The van der Waals surface area contributed by atoms with E-state index in [1.807, 2.05) is 37.9 Å². The van der Waals surface area contributed by atoms with E-state index in [1.165, 1.54) is 13.8 Å². The second-order valence-electron chi connectivity index (χ2n) is 18.6. The number of rotatable bonds is 18. The number of hydrogen-bond donors (Lipinski definition) is 5. The van der Waals surface area contributed by atoms with Crippen molar-refractivity contribution in [3.8, 4) is 0 Å². The average molecular weight is 887 g/mol. The van der Waals surface area contributed by atoms with E-state index in [0.29, 0.717) is 19.4 Å². The third-order valence-corrected chi connectivity index (χ3v) is 12.8. The van der Waals surface area contributed by atoms with Crippen LogP contribution in [0.3, 0.4) is 0 Å². The second-order valence-corrected chi connectivity index (χ2v) is 18.6. The zero-order valence-electron chi connectivity index (χ0n) is 40.5. The Balaban J connectivity index is 2.08. The number of likely N-dealkylation sites (N-methyl/N-ethyl adjacent to an activating group) is 2. The van der Waals surface area contributed by atoms with Crippen LogP contribution in [0.25, 0.3) is 0 Å². The number of ether oxygens (including phenoxy) is 3. The van der Waals surface area contributed by atoms with Gasteiger partial charge in [0, 0.05) is 32.0 Å². The molecule has 2 aliphatic heterocycles. The predicted molar refractivity (Wildman–Crippen MR) is 251 cm³/mol. The van der Waals surface area contributed by atoms with Gasteiger partial charge in [-0.05, 0) is 112 Å². The smallest absolute Gasteiger partial charge is 0.311 e. The summed E-state index contributed by atoms with van der Waals surface area (Å²) in [6, 6.07) is -1.19. The summed E-state index contributed by atoms with van der Waals surface area (Å²) < 4.78 is 18.5. The van der Waals surface area contributed by atoms with Gasteiger partial charge in [0.1, 0.15) is 23.9 Å². The van der Waals surface area contributed by atoms with E-state index in [2.05, 4.69) is 67.7 Å². The topological polar surface area (TPSA) is 169 Å². The molecule has 2 heterocycles. The van der Waals surface area contributed by atoms with Gasteiger partial charge in [-0.15, -0.1) is 0 Å². The van der Waals surface area contributed by atoms with Crippen LogP contribution in [0.1, 0.15) is 133 Å². The van der Waals surface area contributed by atoms with Crippen LogP contribution in [0.5, 0.6) is 0 Å². The normalized spacial score (nSPS) is 36.2. The molecule has 2 saturated heterocycles. The Hall–Kier alpha value is -2.94. The minimum absolute atomic E-state index is 0.134.